The molecule has 1 unspecified atom stereocenters. The molecule has 2 aromatic rings. The summed E-state index contributed by atoms with van der Waals surface area (Å²) in [6.45, 7) is 1.78. The first kappa shape index (κ1) is 17.0. The molecule has 1 N–H and O–H groups in total. The van der Waals surface area contributed by atoms with E-state index in [9.17, 15) is 9.90 Å². The lowest BCUT2D eigenvalue weighted by Gasteiger charge is -2.12. The molecule has 0 amide bonds. The van der Waals surface area contributed by atoms with E-state index in [0.29, 0.717) is 10.7 Å². The second-order valence-corrected chi connectivity index (χ2v) is 5.17. The molecule has 6 heteroatoms. The molecule has 0 saturated carbocycles. The number of para-hydroxylation sites is 1. The van der Waals surface area contributed by atoms with Crippen molar-refractivity contribution in [3.8, 4) is 5.75 Å². The number of carbonyl (C=O) groups is 1. The number of carbonyl (C=O) groups excluding carboxylic acids is 1. The van der Waals surface area contributed by atoms with Crippen molar-refractivity contribution in [3.05, 3.63) is 64.7 Å². The second kappa shape index (κ2) is 7.76. The van der Waals surface area contributed by atoms with Gasteiger partial charge in [-0.15, -0.1) is 0 Å². The summed E-state index contributed by atoms with van der Waals surface area (Å²) < 4.78 is 4.53. The molecular weight excluding hydrogens is 318 g/mol. The topological polar surface area (TPSA) is 68.1 Å². The zero-order valence-corrected chi connectivity index (χ0v) is 13.4. The Morgan fingerprint density at radius 1 is 1.17 bits per heavy atom. The van der Waals surface area contributed by atoms with Crippen LogP contribution in [0, 0.1) is 0 Å². The fraction of sp³-hybridized carbons (Fsp3) is 0.176. The van der Waals surface area contributed by atoms with Gasteiger partial charge >= 0.3 is 5.97 Å². The first-order valence-corrected chi connectivity index (χ1v) is 7.23. The lowest BCUT2D eigenvalue weighted by atomic mass is 10.1. The summed E-state index contributed by atoms with van der Waals surface area (Å²) in [6.07, 6.45) is -1.43. The van der Waals surface area contributed by atoms with Gasteiger partial charge in [-0.05, 0) is 30.7 Å². The van der Waals surface area contributed by atoms with E-state index in [1.807, 2.05) is 12.1 Å². The van der Waals surface area contributed by atoms with Crippen LogP contribution in [0.25, 0.3) is 0 Å². The van der Waals surface area contributed by atoms with Crippen LogP contribution < -0.4 is 4.84 Å². The maximum Gasteiger partial charge on any atom is 0.339 e. The molecular formula is C17H16ClNO4. The van der Waals surface area contributed by atoms with Crippen LogP contribution in [0.3, 0.4) is 0 Å². The highest BCUT2D eigenvalue weighted by Gasteiger charge is 2.22. The SMILES string of the molecule is COC(=O)C(O)c1ccccc1O/N=C(/C)c1ccc(Cl)cc1. The predicted molar refractivity (Wildman–Crippen MR) is 87.7 cm³/mol. The predicted octanol–water partition coefficient (Wildman–Crippen LogP) is 3.35. The van der Waals surface area contributed by atoms with E-state index in [1.165, 1.54) is 7.11 Å². The van der Waals surface area contributed by atoms with Crippen molar-refractivity contribution in [3.63, 3.8) is 0 Å². The molecule has 2 rings (SSSR count). The maximum absolute atomic E-state index is 11.5. The molecule has 0 aliphatic carbocycles. The van der Waals surface area contributed by atoms with Gasteiger partial charge in [0.15, 0.2) is 11.9 Å². The Morgan fingerprint density at radius 3 is 2.48 bits per heavy atom. The number of aliphatic hydroxyl groups is 1. The van der Waals surface area contributed by atoms with E-state index in [0.717, 1.165) is 5.56 Å². The van der Waals surface area contributed by atoms with E-state index in [4.69, 9.17) is 16.4 Å². The molecule has 0 saturated heterocycles. The number of hydrogen-bond donors (Lipinski definition) is 1. The van der Waals surface area contributed by atoms with Crippen LogP contribution in [-0.4, -0.2) is 23.9 Å². The van der Waals surface area contributed by atoms with Crippen molar-refractivity contribution in [1.29, 1.82) is 0 Å². The summed E-state index contributed by atoms with van der Waals surface area (Å²) in [4.78, 5) is 16.9. The molecule has 0 fully saturated rings. The number of benzene rings is 2. The van der Waals surface area contributed by atoms with Gasteiger partial charge in [-0.3, -0.25) is 0 Å². The third-order valence-electron chi connectivity index (χ3n) is 3.18. The standard InChI is InChI=1S/C17H16ClNO4/c1-11(12-7-9-13(18)10-8-12)19-23-15-6-4-3-5-14(15)16(20)17(21)22-2/h3-10,16,20H,1-2H3/b19-11-. The first-order chi connectivity index (χ1) is 11.0. The van der Waals surface area contributed by atoms with Crippen molar-refractivity contribution >= 4 is 23.3 Å². The monoisotopic (exact) mass is 333 g/mol. The van der Waals surface area contributed by atoms with Crippen molar-refractivity contribution in [2.45, 2.75) is 13.0 Å². The summed E-state index contributed by atoms with van der Waals surface area (Å²) in [5.41, 5.74) is 1.76. The third kappa shape index (κ3) is 4.31. The average molecular weight is 334 g/mol. The molecule has 120 valence electrons. The molecule has 0 bridgehead atoms. The molecule has 23 heavy (non-hydrogen) atoms. The van der Waals surface area contributed by atoms with Crippen LogP contribution in [0.15, 0.2) is 53.7 Å². The molecule has 0 radical (unpaired) electrons. The summed E-state index contributed by atoms with van der Waals surface area (Å²) in [6, 6.07) is 13.7. The lowest BCUT2D eigenvalue weighted by Crippen LogP contribution is -2.14. The Labute approximate surface area is 139 Å². The Morgan fingerprint density at radius 2 is 1.83 bits per heavy atom. The van der Waals surface area contributed by atoms with Gasteiger partial charge in [-0.2, -0.15) is 0 Å². The van der Waals surface area contributed by atoms with Gasteiger partial charge < -0.3 is 14.7 Å². The zero-order chi connectivity index (χ0) is 16.8. The van der Waals surface area contributed by atoms with Crippen molar-refractivity contribution in [1.82, 2.24) is 0 Å². The molecule has 0 aliphatic heterocycles. The van der Waals surface area contributed by atoms with Crippen molar-refractivity contribution in [2.75, 3.05) is 7.11 Å². The van der Waals surface area contributed by atoms with Crippen LogP contribution in [-0.2, 0) is 9.53 Å². The Kier molecular flexibility index (Phi) is 5.73. The Bertz CT molecular complexity index is 713. The van der Waals surface area contributed by atoms with Crippen molar-refractivity contribution < 1.29 is 19.5 Å². The van der Waals surface area contributed by atoms with E-state index >= 15 is 0 Å². The van der Waals surface area contributed by atoms with Crippen LogP contribution in [0.1, 0.15) is 24.2 Å². The minimum absolute atomic E-state index is 0.277. The van der Waals surface area contributed by atoms with Crippen LogP contribution >= 0.6 is 11.6 Å². The molecule has 0 heterocycles. The molecule has 2 aromatic carbocycles. The maximum atomic E-state index is 11.5. The number of ether oxygens (including phenoxy) is 1. The minimum atomic E-state index is -1.43. The average Bonchev–Trinajstić information content (AvgIpc) is 2.59. The fourth-order valence-electron chi connectivity index (χ4n) is 1.89. The number of methoxy groups -OCH3 is 1. The highest BCUT2D eigenvalue weighted by atomic mass is 35.5. The highest BCUT2D eigenvalue weighted by molar-refractivity contribution is 6.30. The zero-order valence-electron chi connectivity index (χ0n) is 12.7. The number of halogens is 1. The number of nitrogens with zero attached hydrogens (tertiary/aromatic N) is 1. The molecule has 0 spiro atoms. The lowest BCUT2D eigenvalue weighted by molar-refractivity contribution is -0.150. The highest BCUT2D eigenvalue weighted by Crippen LogP contribution is 2.26. The fourth-order valence-corrected chi connectivity index (χ4v) is 2.02. The number of rotatable bonds is 5. The summed E-state index contributed by atoms with van der Waals surface area (Å²) in [5.74, 6) is -0.488. The number of esters is 1. The molecule has 1 atom stereocenters. The van der Waals surface area contributed by atoms with Gasteiger partial charge in [0.25, 0.3) is 0 Å². The van der Waals surface area contributed by atoms with Crippen LogP contribution in [0.5, 0.6) is 5.75 Å². The van der Waals surface area contributed by atoms with Gasteiger partial charge in [0.1, 0.15) is 0 Å². The Balaban J connectivity index is 2.21. The summed E-state index contributed by atoms with van der Waals surface area (Å²) >= 11 is 5.85. The number of aliphatic hydroxyl groups excluding tert-OH is 1. The van der Waals surface area contributed by atoms with E-state index in [2.05, 4.69) is 9.89 Å². The summed E-state index contributed by atoms with van der Waals surface area (Å²) in [5, 5.41) is 14.6. The first-order valence-electron chi connectivity index (χ1n) is 6.85. The van der Waals surface area contributed by atoms with Crippen molar-refractivity contribution in [2.24, 2.45) is 5.16 Å². The van der Waals surface area contributed by atoms with Gasteiger partial charge in [0.05, 0.1) is 12.8 Å². The van der Waals surface area contributed by atoms with Crippen LogP contribution in [0.4, 0.5) is 0 Å². The second-order valence-electron chi connectivity index (χ2n) is 4.74. The number of hydrogen-bond acceptors (Lipinski definition) is 5. The quantitative estimate of drug-likeness (QED) is 0.517. The Hall–Kier alpha value is -2.37. The van der Waals surface area contributed by atoms with Gasteiger partial charge in [-0.1, -0.05) is 47.1 Å². The van der Waals surface area contributed by atoms with E-state index < -0.39 is 12.1 Å². The van der Waals surface area contributed by atoms with Gasteiger partial charge in [0.2, 0.25) is 0 Å². The summed E-state index contributed by atoms with van der Waals surface area (Å²) in [7, 11) is 1.21. The molecule has 0 aromatic heterocycles. The normalized spacial score (nSPS) is 12.6. The van der Waals surface area contributed by atoms with Gasteiger partial charge in [-0.25, -0.2) is 4.79 Å². The van der Waals surface area contributed by atoms with Crippen LogP contribution in [0.2, 0.25) is 5.02 Å². The largest absolute Gasteiger partial charge is 0.467 e. The smallest absolute Gasteiger partial charge is 0.339 e. The molecule has 5 nitrogen and oxygen atoms in total. The molecule has 0 aliphatic rings. The third-order valence-corrected chi connectivity index (χ3v) is 3.43. The number of oxime groups is 1. The minimum Gasteiger partial charge on any atom is -0.467 e. The van der Waals surface area contributed by atoms with E-state index in [1.54, 1.807) is 43.3 Å². The van der Waals surface area contributed by atoms with E-state index in [-0.39, 0.29) is 11.3 Å². The van der Waals surface area contributed by atoms with Gasteiger partial charge in [0, 0.05) is 10.6 Å².